The van der Waals surface area contributed by atoms with Gasteiger partial charge in [0, 0.05) is 30.0 Å². The fraction of sp³-hybridized carbons (Fsp3) is 0.447. The first-order valence-electron chi connectivity index (χ1n) is 17.6. The van der Waals surface area contributed by atoms with Gasteiger partial charge >= 0.3 is 5.97 Å². The van der Waals surface area contributed by atoms with Crippen molar-refractivity contribution in [1.82, 2.24) is 10.6 Å². The molecule has 1 aliphatic rings. The van der Waals surface area contributed by atoms with E-state index in [9.17, 15) is 36.3 Å². The van der Waals surface area contributed by atoms with Gasteiger partial charge in [-0.25, -0.2) is 16.8 Å². The second-order valence-electron chi connectivity index (χ2n) is 13.5. The van der Waals surface area contributed by atoms with Crippen molar-refractivity contribution in [3.05, 3.63) is 78.4 Å². The molecule has 15 heteroatoms. The molecule has 2 atom stereocenters. The van der Waals surface area contributed by atoms with Gasteiger partial charge in [-0.3, -0.25) is 14.4 Å². The van der Waals surface area contributed by atoms with E-state index in [1.165, 1.54) is 17.8 Å². The quantitative estimate of drug-likeness (QED) is 0.131. The summed E-state index contributed by atoms with van der Waals surface area (Å²) in [5.74, 6) is -2.97. The molecule has 0 aromatic heterocycles. The van der Waals surface area contributed by atoms with Gasteiger partial charge in [0.2, 0.25) is 5.91 Å². The number of carboxylic acid groups (broad SMARTS) is 1. The number of para-hydroxylation sites is 1. The topological polar surface area (TPSA) is 176 Å². The zero-order valence-electron chi connectivity index (χ0n) is 30.5. The average Bonchev–Trinajstić information content (AvgIpc) is 3.22. The highest BCUT2D eigenvalue weighted by molar-refractivity contribution is 7.98. The highest BCUT2D eigenvalue weighted by Crippen LogP contribution is 2.47. The molecule has 2 amide bonds. The lowest BCUT2D eigenvalue weighted by Gasteiger charge is -2.37. The van der Waals surface area contributed by atoms with Crippen LogP contribution < -0.4 is 20.3 Å². The first-order chi connectivity index (χ1) is 25.1. The second kappa shape index (κ2) is 18.3. The normalized spacial score (nSPS) is 16.0. The van der Waals surface area contributed by atoms with Crippen molar-refractivity contribution in [2.75, 3.05) is 36.3 Å². The minimum atomic E-state index is -4.02. The maximum absolute atomic E-state index is 14.4. The van der Waals surface area contributed by atoms with E-state index in [-0.39, 0.29) is 16.4 Å². The van der Waals surface area contributed by atoms with Crippen molar-refractivity contribution < 1.29 is 41.1 Å². The van der Waals surface area contributed by atoms with E-state index in [2.05, 4.69) is 29.4 Å². The number of ether oxygens (including phenoxy) is 1. The van der Waals surface area contributed by atoms with Gasteiger partial charge in [-0.2, -0.15) is 0 Å². The lowest BCUT2D eigenvalue weighted by atomic mass is 9.79. The molecule has 2 unspecified atom stereocenters. The number of hydrogen-bond donors (Lipinski definition) is 3. The average molecular weight is 788 g/mol. The molecule has 0 saturated heterocycles. The summed E-state index contributed by atoms with van der Waals surface area (Å²) < 4.78 is 59.4. The number of hydrogen-bond acceptors (Lipinski definition) is 10. The first-order valence-corrected chi connectivity index (χ1v) is 22.4. The van der Waals surface area contributed by atoms with Crippen molar-refractivity contribution in [3.8, 4) is 5.75 Å². The van der Waals surface area contributed by atoms with Gasteiger partial charge in [-0.15, -0.1) is 11.8 Å². The molecule has 53 heavy (non-hydrogen) atoms. The maximum Gasteiger partial charge on any atom is 0.306 e. The Hall–Kier alpha value is -4.08. The van der Waals surface area contributed by atoms with E-state index in [1.54, 1.807) is 36.4 Å². The zero-order chi connectivity index (χ0) is 38.8. The Bertz CT molecular complexity index is 1950. The molecule has 3 aromatic carbocycles. The third kappa shape index (κ3) is 11.0. The molecule has 12 nitrogen and oxygen atoms in total. The Morgan fingerprint density at radius 3 is 2.11 bits per heavy atom. The van der Waals surface area contributed by atoms with Crippen LogP contribution in [0.2, 0.25) is 0 Å². The van der Waals surface area contributed by atoms with E-state index >= 15 is 0 Å². The molecule has 0 fully saturated rings. The Balaban J connectivity index is 1.68. The summed E-state index contributed by atoms with van der Waals surface area (Å²) in [6.45, 7) is 4.13. The maximum atomic E-state index is 14.4. The first kappa shape index (κ1) is 41.7. The molecule has 288 valence electrons. The standard InChI is InChI=1S/C38H49N3O9S3/c1-5-7-19-38(20-8-6-2)25-41(28-17-13-10-14-18-28)29-21-31(51-3)30(22-32(29)53(48,49)26-38)50-24-33(42)39-36(27-15-11-9-12-16-27)37(45)40-34(23-35(43)44)52(4,46)47/h9-18,21-22,34,36H,5-8,19-20,23-26H2,1-4H3,(H,39,42)(H,40,45)(H,43,44). The molecule has 0 radical (unpaired) electrons. The number of rotatable bonds is 18. The minimum absolute atomic E-state index is 0.0287. The number of carboxylic acids is 1. The number of sulfone groups is 2. The number of thioether (sulfide) groups is 1. The van der Waals surface area contributed by atoms with Crippen LogP contribution in [0.1, 0.15) is 70.4 Å². The van der Waals surface area contributed by atoms with Gasteiger partial charge in [0.15, 0.2) is 26.3 Å². The zero-order valence-corrected chi connectivity index (χ0v) is 33.0. The smallest absolute Gasteiger partial charge is 0.306 e. The van der Waals surface area contributed by atoms with Crippen LogP contribution in [0.25, 0.3) is 0 Å². The van der Waals surface area contributed by atoms with Crippen LogP contribution in [0.3, 0.4) is 0 Å². The molecular weight excluding hydrogens is 739 g/mol. The molecule has 0 saturated carbocycles. The Morgan fingerprint density at radius 2 is 1.57 bits per heavy atom. The molecule has 1 heterocycles. The van der Waals surface area contributed by atoms with Crippen molar-refractivity contribution in [3.63, 3.8) is 0 Å². The van der Waals surface area contributed by atoms with Crippen LogP contribution in [0, 0.1) is 5.41 Å². The fourth-order valence-corrected chi connectivity index (χ4v) is 10.0. The third-order valence-corrected chi connectivity index (χ3v) is 13.4. The monoisotopic (exact) mass is 787 g/mol. The number of benzene rings is 3. The van der Waals surface area contributed by atoms with E-state index < -0.39 is 67.3 Å². The number of aliphatic carboxylic acids is 1. The second-order valence-corrected chi connectivity index (χ2v) is 18.5. The lowest BCUT2D eigenvalue weighted by Crippen LogP contribution is -2.48. The van der Waals surface area contributed by atoms with Gasteiger partial charge in [0.1, 0.15) is 17.2 Å². The van der Waals surface area contributed by atoms with Gasteiger partial charge in [0.05, 0.1) is 27.7 Å². The van der Waals surface area contributed by atoms with Gasteiger partial charge < -0.3 is 25.4 Å². The lowest BCUT2D eigenvalue weighted by molar-refractivity contribution is -0.137. The summed E-state index contributed by atoms with van der Waals surface area (Å²) in [6.07, 6.45) is 6.96. The summed E-state index contributed by atoms with van der Waals surface area (Å²) in [5, 5.41) is 12.3. The number of nitrogens with one attached hydrogen (secondary N) is 2. The number of unbranched alkanes of at least 4 members (excludes halogenated alkanes) is 2. The van der Waals surface area contributed by atoms with Crippen molar-refractivity contribution in [2.24, 2.45) is 5.41 Å². The molecule has 0 spiro atoms. The van der Waals surface area contributed by atoms with Crippen LogP contribution in [0.5, 0.6) is 5.75 Å². The van der Waals surface area contributed by atoms with Gasteiger partial charge in [-0.05, 0) is 42.9 Å². The number of anilines is 2. The van der Waals surface area contributed by atoms with Crippen molar-refractivity contribution >= 4 is 60.6 Å². The number of nitrogens with zero attached hydrogens (tertiary/aromatic N) is 1. The number of amides is 2. The van der Waals surface area contributed by atoms with Crippen LogP contribution in [0.4, 0.5) is 11.4 Å². The predicted octanol–water partition coefficient (Wildman–Crippen LogP) is 5.90. The molecular formula is C38H49N3O9S3. The van der Waals surface area contributed by atoms with Crippen LogP contribution in [-0.2, 0) is 34.1 Å². The Kier molecular flexibility index (Phi) is 14.4. The van der Waals surface area contributed by atoms with E-state index in [0.29, 0.717) is 22.7 Å². The third-order valence-electron chi connectivity index (χ3n) is 9.29. The molecule has 0 bridgehead atoms. The number of fused-ring (bicyclic) bond motifs is 1. The highest BCUT2D eigenvalue weighted by atomic mass is 32.2. The highest BCUT2D eigenvalue weighted by Gasteiger charge is 2.42. The van der Waals surface area contributed by atoms with Crippen LogP contribution >= 0.6 is 11.8 Å². The SMILES string of the molecule is CCCCC1(CCCC)CN(c2ccccc2)c2cc(SC)c(OCC(=O)NC(C(=O)NC(CC(=O)O)S(C)(=O)=O)c3ccccc3)cc2S(=O)(=O)C1. The summed E-state index contributed by atoms with van der Waals surface area (Å²) >= 11 is 1.33. The van der Waals surface area contributed by atoms with Gasteiger partial charge in [0.25, 0.3) is 5.91 Å². The Morgan fingerprint density at radius 1 is 0.962 bits per heavy atom. The largest absolute Gasteiger partial charge is 0.483 e. The van der Waals surface area contributed by atoms with E-state index in [0.717, 1.165) is 50.5 Å². The summed E-state index contributed by atoms with van der Waals surface area (Å²) in [6, 6.07) is 19.7. The van der Waals surface area contributed by atoms with E-state index in [4.69, 9.17) is 4.74 Å². The molecule has 4 rings (SSSR count). The number of carbonyl (C=O) groups excluding carboxylic acids is 2. The van der Waals surface area contributed by atoms with Crippen LogP contribution in [0.15, 0.2) is 82.6 Å². The molecule has 3 aromatic rings. The summed E-state index contributed by atoms with van der Waals surface area (Å²) in [4.78, 5) is 40.9. The molecule has 1 aliphatic heterocycles. The predicted molar refractivity (Wildman–Crippen MR) is 207 cm³/mol. The Labute approximate surface area is 316 Å². The fourth-order valence-electron chi connectivity index (χ4n) is 6.58. The summed E-state index contributed by atoms with van der Waals surface area (Å²) in [5.41, 5.74) is 1.23. The van der Waals surface area contributed by atoms with Crippen molar-refractivity contribution in [2.45, 2.75) is 80.0 Å². The molecule has 3 N–H and O–H groups in total. The minimum Gasteiger partial charge on any atom is -0.483 e. The van der Waals surface area contributed by atoms with Crippen molar-refractivity contribution in [1.29, 1.82) is 0 Å². The summed E-state index contributed by atoms with van der Waals surface area (Å²) in [7, 11) is -7.86. The number of carbonyl (C=O) groups is 3. The molecule has 0 aliphatic carbocycles. The van der Waals surface area contributed by atoms with Crippen LogP contribution in [-0.4, -0.2) is 76.5 Å². The van der Waals surface area contributed by atoms with Gasteiger partial charge in [-0.1, -0.05) is 88.1 Å². The van der Waals surface area contributed by atoms with E-state index in [1.807, 2.05) is 36.6 Å².